The van der Waals surface area contributed by atoms with Crippen LogP contribution in [0.25, 0.3) is 0 Å². The van der Waals surface area contributed by atoms with Gasteiger partial charge in [-0.2, -0.15) is 0 Å². The number of carbonyl (C=O) groups is 1. The Morgan fingerprint density at radius 3 is 2.90 bits per heavy atom. The molecule has 20 heavy (non-hydrogen) atoms. The summed E-state index contributed by atoms with van der Waals surface area (Å²) in [6.45, 7) is 5.20. The molecule has 2 rings (SSSR count). The zero-order chi connectivity index (χ0) is 14.5. The molecule has 0 spiro atoms. The van der Waals surface area contributed by atoms with Gasteiger partial charge in [0.05, 0.1) is 17.4 Å². The number of piperidine rings is 1. The number of hydrogen-bond acceptors (Lipinski definition) is 3. The maximum atomic E-state index is 12.4. The molecular weight excluding hydrogens is 250 g/mol. The predicted octanol–water partition coefficient (Wildman–Crippen LogP) is 2.86. The van der Waals surface area contributed by atoms with Crippen LogP contribution in [0.5, 0.6) is 0 Å². The van der Waals surface area contributed by atoms with Crippen molar-refractivity contribution in [1.29, 1.82) is 0 Å². The van der Waals surface area contributed by atoms with Gasteiger partial charge in [-0.05, 0) is 44.9 Å². The Kier molecular flexibility index (Phi) is 5.01. The topological polar surface area (TPSA) is 58.4 Å². The summed E-state index contributed by atoms with van der Waals surface area (Å²) in [6, 6.07) is 7.81. The minimum Gasteiger partial charge on any atom is -0.397 e. The maximum Gasteiger partial charge on any atom is 0.241 e. The lowest BCUT2D eigenvalue weighted by molar-refractivity contribution is -0.122. The van der Waals surface area contributed by atoms with Crippen LogP contribution < -0.4 is 11.1 Å². The van der Waals surface area contributed by atoms with Crippen molar-refractivity contribution in [2.45, 2.75) is 51.6 Å². The third-order valence-electron chi connectivity index (χ3n) is 4.24. The van der Waals surface area contributed by atoms with E-state index in [1.54, 1.807) is 6.07 Å². The predicted molar refractivity (Wildman–Crippen MR) is 83.6 cm³/mol. The van der Waals surface area contributed by atoms with E-state index in [0.717, 1.165) is 13.0 Å². The summed E-state index contributed by atoms with van der Waals surface area (Å²) in [7, 11) is 0. The molecule has 0 bridgehead atoms. The number of amides is 1. The summed E-state index contributed by atoms with van der Waals surface area (Å²) in [5.41, 5.74) is 7.19. The molecule has 3 N–H and O–H groups in total. The molecule has 0 saturated carbocycles. The molecule has 2 unspecified atom stereocenters. The maximum absolute atomic E-state index is 12.4. The van der Waals surface area contributed by atoms with Gasteiger partial charge in [0.25, 0.3) is 0 Å². The minimum absolute atomic E-state index is 0.0308. The molecule has 4 heteroatoms. The van der Waals surface area contributed by atoms with E-state index in [-0.39, 0.29) is 11.9 Å². The molecule has 110 valence electrons. The van der Waals surface area contributed by atoms with Crippen molar-refractivity contribution in [3.8, 4) is 0 Å². The molecule has 0 aliphatic carbocycles. The summed E-state index contributed by atoms with van der Waals surface area (Å²) in [5, 5.41) is 2.95. The first-order valence-electron chi connectivity index (χ1n) is 7.54. The van der Waals surface area contributed by atoms with E-state index in [9.17, 15) is 4.79 Å². The summed E-state index contributed by atoms with van der Waals surface area (Å²) < 4.78 is 0. The Hall–Kier alpha value is -1.55. The van der Waals surface area contributed by atoms with Gasteiger partial charge in [-0.3, -0.25) is 9.69 Å². The Bertz CT molecular complexity index is 461. The van der Waals surface area contributed by atoms with Crippen LogP contribution in [0.3, 0.4) is 0 Å². The molecule has 0 radical (unpaired) electrons. The molecule has 0 aromatic heterocycles. The van der Waals surface area contributed by atoms with Gasteiger partial charge in [0.1, 0.15) is 0 Å². The number of nitrogens with one attached hydrogen (secondary N) is 1. The number of rotatable bonds is 4. The number of hydrogen-bond donors (Lipinski definition) is 2. The van der Waals surface area contributed by atoms with Crippen molar-refractivity contribution in [2.24, 2.45) is 0 Å². The van der Waals surface area contributed by atoms with Gasteiger partial charge < -0.3 is 11.1 Å². The first-order chi connectivity index (χ1) is 9.63. The first-order valence-corrected chi connectivity index (χ1v) is 7.54. The zero-order valence-corrected chi connectivity index (χ0v) is 12.4. The van der Waals surface area contributed by atoms with Crippen molar-refractivity contribution in [3.05, 3.63) is 24.3 Å². The Labute approximate surface area is 121 Å². The monoisotopic (exact) mass is 275 g/mol. The van der Waals surface area contributed by atoms with Gasteiger partial charge in [-0.1, -0.05) is 25.5 Å². The fraction of sp³-hybridized carbons (Fsp3) is 0.562. The number of nitrogens with two attached hydrogens (primary N) is 1. The smallest absolute Gasteiger partial charge is 0.241 e. The highest BCUT2D eigenvalue weighted by Crippen LogP contribution is 2.23. The number of nitrogens with zero attached hydrogens (tertiary/aromatic N) is 1. The second kappa shape index (κ2) is 6.75. The molecule has 1 heterocycles. The number of anilines is 2. The Morgan fingerprint density at radius 2 is 2.20 bits per heavy atom. The molecule has 1 saturated heterocycles. The van der Waals surface area contributed by atoms with Crippen LogP contribution in [0.4, 0.5) is 11.4 Å². The van der Waals surface area contributed by atoms with Gasteiger partial charge in [0.15, 0.2) is 0 Å². The lowest BCUT2D eigenvalue weighted by Gasteiger charge is -2.38. The van der Waals surface area contributed by atoms with E-state index in [0.29, 0.717) is 17.4 Å². The lowest BCUT2D eigenvalue weighted by Crippen LogP contribution is -2.49. The van der Waals surface area contributed by atoms with Crippen molar-refractivity contribution in [1.82, 2.24) is 4.90 Å². The quantitative estimate of drug-likeness (QED) is 0.831. The van der Waals surface area contributed by atoms with Crippen LogP contribution >= 0.6 is 0 Å². The van der Waals surface area contributed by atoms with E-state index in [2.05, 4.69) is 17.1 Å². The number of para-hydroxylation sites is 2. The van der Waals surface area contributed by atoms with Gasteiger partial charge in [-0.25, -0.2) is 0 Å². The van der Waals surface area contributed by atoms with E-state index in [1.165, 1.54) is 19.3 Å². The molecule has 2 atom stereocenters. The van der Waals surface area contributed by atoms with Crippen LogP contribution in [0, 0.1) is 0 Å². The Balaban J connectivity index is 2.03. The lowest BCUT2D eigenvalue weighted by atomic mass is 9.98. The fourth-order valence-corrected chi connectivity index (χ4v) is 2.97. The Morgan fingerprint density at radius 1 is 1.45 bits per heavy atom. The number of likely N-dealkylation sites (tertiary alicyclic amines) is 1. The van der Waals surface area contributed by atoms with E-state index >= 15 is 0 Å². The van der Waals surface area contributed by atoms with Crippen molar-refractivity contribution in [2.75, 3.05) is 17.6 Å². The summed E-state index contributed by atoms with van der Waals surface area (Å²) in [5.74, 6) is 0.0308. The number of carbonyl (C=O) groups excluding carboxylic acids is 1. The largest absolute Gasteiger partial charge is 0.397 e. The molecule has 1 aromatic rings. The van der Waals surface area contributed by atoms with Crippen LogP contribution in [0.1, 0.15) is 39.5 Å². The van der Waals surface area contributed by atoms with Crippen LogP contribution in [-0.2, 0) is 4.79 Å². The van der Waals surface area contributed by atoms with Gasteiger partial charge >= 0.3 is 0 Å². The van der Waals surface area contributed by atoms with Crippen molar-refractivity contribution >= 4 is 17.3 Å². The molecule has 1 fully saturated rings. The van der Waals surface area contributed by atoms with Crippen molar-refractivity contribution < 1.29 is 4.79 Å². The van der Waals surface area contributed by atoms with Gasteiger partial charge in [-0.15, -0.1) is 0 Å². The van der Waals surface area contributed by atoms with Gasteiger partial charge in [0, 0.05) is 6.04 Å². The van der Waals surface area contributed by atoms with Crippen LogP contribution in [0.2, 0.25) is 0 Å². The second-order valence-electron chi connectivity index (χ2n) is 5.55. The third kappa shape index (κ3) is 3.31. The fourth-order valence-electron chi connectivity index (χ4n) is 2.97. The minimum atomic E-state index is -0.111. The normalized spacial score (nSPS) is 21.4. The summed E-state index contributed by atoms with van der Waals surface area (Å²) >= 11 is 0. The second-order valence-corrected chi connectivity index (χ2v) is 5.55. The SMILES string of the molecule is CCC1CCCCN1C(C)C(=O)Nc1ccccc1N. The molecule has 1 aromatic carbocycles. The van der Waals surface area contributed by atoms with E-state index < -0.39 is 0 Å². The summed E-state index contributed by atoms with van der Waals surface area (Å²) in [4.78, 5) is 14.7. The average molecular weight is 275 g/mol. The standard InChI is InChI=1S/C16H25N3O/c1-3-13-8-6-7-11-19(13)12(2)16(20)18-15-10-5-4-9-14(15)17/h4-5,9-10,12-13H,3,6-8,11,17H2,1-2H3,(H,18,20). The zero-order valence-electron chi connectivity index (χ0n) is 12.4. The summed E-state index contributed by atoms with van der Waals surface area (Å²) in [6.07, 6.45) is 4.75. The average Bonchev–Trinajstić information content (AvgIpc) is 2.48. The highest BCUT2D eigenvalue weighted by atomic mass is 16.2. The third-order valence-corrected chi connectivity index (χ3v) is 4.24. The molecule has 1 amide bonds. The number of nitrogen functional groups attached to an aromatic ring is 1. The highest BCUT2D eigenvalue weighted by Gasteiger charge is 2.29. The highest BCUT2D eigenvalue weighted by molar-refractivity contribution is 5.97. The molecule has 4 nitrogen and oxygen atoms in total. The number of benzene rings is 1. The molecule has 1 aliphatic rings. The van der Waals surface area contributed by atoms with Crippen LogP contribution in [-0.4, -0.2) is 29.4 Å². The van der Waals surface area contributed by atoms with E-state index in [4.69, 9.17) is 5.73 Å². The molecule has 1 aliphatic heterocycles. The van der Waals surface area contributed by atoms with Crippen molar-refractivity contribution in [3.63, 3.8) is 0 Å². The first kappa shape index (κ1) is 14.9. The molecular formula is C16H25N3O. The van der Waals surface area contributed by atoms with E-state index in [1.807, 2.05) is 25.1 Å². The van der Waals surface area contributed by atoms with Crippen LogP contribution in [0.15, 0.2) is 24.3 Å². The van der Waals surface area contributed by atoms with Gasteiger partial charge in [0.2, 0.25) is 5.91 Å².